The van der Waals surface area contributed by atoms with E-state index in [1.165, 1.54) is 16.9 Å². The number of halogens is 1. The van der Waals surface area contributed by atoms with Gasteiger partial charge in [-0.2, -0.15) is 5.10 Å². The number of aromatic nitrogens is 3. The topological polar surface area (TPSA) is 61.0 Å². The van der Waals surface area contributed by atoms with Gasteiger partial charge in [-0.05, 0) is 49.4 Å². The van der Waals surface area contributed by atoms with Gasteiger partial charge < -0.3 is 9.47 Å². The third-order valence-corrected chi connectivity index (χ3v) is 6.55. The molecule has 0 saturated carbocycles. The second-order valence-corrected chi connectivity index (χ2v) is 9.01. The zero-order valence-electron chi connectivity index (χ0n) is 17.5. The van der Waals surface area contributed by atoms with Crippen molar-refractivity contribution in [2.24, 2.45) is 4.99 Å². The second kappa shape index (κ2) is 8.03. The van der Waals surface area contributed by atoms with Crippen LogP contribution in [-0.2, 0) is 0 Å². The molecule has 2 aromatic heterocycles. The monoisotopic (exact) mass is 472 g/mol. The number of ether oxygens (including phenoxy) is 2. The Labute approximate surface area is 198 Å². The molecule has 0 N–H and O–H groups in total. The largest absolute Gasteiger partial charge is 0.454 e. The third kappa shape index (κ3) is 3.75. The van der Waals surface area contributed by atoms with Crippen molar-refractivity contribution in [3.63, 3.8) is 0 Å². The first kappa shape index (κ1) is 20.0. The number of rotatable bonds is 4. The summed E-state index contributed by atoms with van der Waals surface area (Å²) in [5, 5.41) is 6.37. The van der Waals surface area contributed by atoms with Gasteiger partial charge in [-0.15, -0.1) is 0 Å². The number of nitrogens with zero attached hydrogens (tertiary/aromatic N) is 4. The number of hydrogen-bond donors (Lipinski definition) is 0. The van der Waals surface area contributed by atoms with Gasteiger partial charge in [-0.3, -0.25) is 4.99 Å². The van der Waals surface area contributed by atoms with Crippen molar-refractivity contribution in [3.8, 4) is 33.3 Å². The highest BCUT2D eigenvalue weighted by molar-refractivity contribution is 7.19. The molecule has 162 valence electrons. The summed E-state index contributed by atoms with van der Waals surface area (Å²) in [4.78, 5) is 10.4. The summed E-state index contributed by atoms with van der Waals surface area (Å²) in [6, 6.07) is 21.5. The van der Waals surface area contributed by atoms with Crippen molar-refractivity contribution in [2.45, 2.75) is 6.92 Å². The van der Waals surface area contributed by atoms with Gasteiger partial charge in [0.25, 0.3) is 0 Å². The third-order valence-electron chi connectivity index (χ3n) is 5.35. The van der Waals surface area contributed by atoms with Crippen LogP contribution < -0.4 is 9.47 Å². The van der Waals surface area contributed by atoms with E-state index in [1.54, 1.807) is 0 Å². The van der Waals surface area contributed by atoms with Gasteiger partial charge in [0.1, 0.15) is 16.4 Å². The van der Waals surface area contributed by atoms with Crippen LogP contribution in [0.1, 0.15) is 11.3 Å². The maximum atomic E-state index is 6.10. The predicted molar refractivity (Wildman–Crippen MR) is 131 cm³/mol. The first-order chi connectivity index (χ1) is 16.1. The van der Waals surface area contributed by atoms with E-state index in [1.807, 2.05) is 77.5 Å². The first-order valence-corrected chi connectivity index (χ1v) is 11.5. The van der Waals surface area contributed by atoms with E-state index >= 15 is 0 Å². The summed E-state index contributed by atoms with van der Waals surface area (Å²) in [6.45, 7) is 2.30. The van der Waals surface area contributed by atoms with Gasteiger partial charge in [0.2, 0.25) is 11.8 Å². The lowest BCUT2D eigenvalue weighted by Gasteiger charge is -2.01. The fourth-order valence-corrected chi connectivity index (χ4v) is 4.64. The minimum absolute atomic E-state index is 0.240. The average molecular weight is 473 g/mol. The van der Waals surface area contributed by atoms with Gasteiger partial charge in [0.15, 0.2) is 11.5 Å². The minimum Gasteiger partial charge on any atom is -0.454 e. The molecule has 0 fully saturated rings. The number of aryl methyl sites for hydroxylation is 1. The highest BCUT2D eigenvalue weighted by atomic mass is 35.5. The summed E-state index contributed by atoms with van der Waals surface area (Å²) >= 11 is 7.61. The van der Waals surface area contributed by atoms with Gasteiger partial charge in [-0.25, -0.2) is 9.50 Å². The van der Waals surface area contributed by atoms with Crippen molar-refractivity contribution >= 4 is 39.8 Å². The highest BCUT2D eigenvalue weighted by Gasteiger charge is 2.20. The number of imidazole rings is 1. The maximum Gasteiger partial charge on any atom is 0.231 e. The molecule has 3 heterocycles. The average Bonchev–Trinajstić information content (AvgIpc) is 3.53. The lowest BCUT2D eigenvalue weighted by molar-refractivity contribution is 0.174. The molecular formula is C25H17ClN4O2S. The van der Waals surface area contributed by atoms with Crippen LogP contribution >= 0.6 is 22.9 Å². The van der Waals surface area contributed by atoms with E-state index < -0.39 is 0 Å². The molecular weight excluding hydrogens is 456 g/mol. The molecule has 6 nitrogen and oxygen atoms in total. The molecule has 6 rings (SSSR count). The smallest absolute Gasteiger partial charge is 0.231 e. The summed E-state index contributed by atoms with van der Waals surface area (Å²) in [6.07, 6.45) is 1.82. The lowest BCUT2D eigenvalue weighted by Crippen LogP contribution is -1.95. The van der Waals surface area contributed by atoms with Crippen molar-refractivity contribution < 1.29 is 9.47 Å². The Hall–Kier alpha value is -3.68. The molecule has 1 aliphatic heterocycles. The van der Waals surface area contributed by atoms with E-state index in [0.717, 1.165) is 49.7 Å². The Balaban J connectivity index is 1.47. The van der Waals surface area contributed by atoms with Crippen molar-refractivity contribution in [1.82, 2.24) is 14.6 Å². The Bertz CT molecular complexity index is 1500. The summed E-state index contributed by atoms with van der Waals surface area (Å²) in [5.74, 6) is 1.47. The SMILES string of the molecule is Cc1ccc(N=Cc2c(-c3ccc(Cl)cc3)nc3sc(-c4ccc5c(c4)OCO5)nn23)cc1. The molecule has 0 bridgehead atoms. The molecule has 0 spiro atoms. The molecule has 0 atom stereocenters. The molecule has 0 radical (unpaired) electrons. The second-order valence-electron chi connectivity index (χ2n) is 7.62. The molecule has 1 aliphatic rings. The maximum absolute atomic E-state index is 6.10. The van der Waals surface area contributed by atoms with Crippen molar-refractivity contribution in [2.75, 3.05) is 6.79 Å². The quantitative estimate of drug-likeness (QED) is 0.278. The van der Waals surface area contributed by atoms with E-state index in [2.05, 4.69) is 11.9 Å². The van der Waals surface area contributed by atoms with Gasteiger partial charge in [0.05, 0.1) is 11.9 Å². The van der Waals surface area contributed by atoms with Crippen molar-refractivity contribution in [1.29, 1.82) is 0 Å². The summed E-state index contributed by atoms with van der Waals surface area (Å²) in [5.41, 5.74) is 5.56. The van der Waals surface area contributed by atoms with Crippen LogP contribution in [0.5, 0.6) is 11.5 Å². The van der Waals surface area contributed by atoms with Crippen LogP contribution in [0.4, 0.5) is 5.69 Å². The number of fused-ring (bicyclic) bond motifs is 2. The van der Waals surface area contributed by atoms with Crippen LogP contribution in [0.25, 0.3) is 26.8 Å². The molecule has 8 heteroatoms. The van der Waals surface area contributed by atoms with E-state index in [-0.39, 0.29) is 6.79 Å². The fourth-order valence-electron chi connectivity index (χ4n) is 3.61. The van der Waals surface area contributed by atoms with E-state index in [9.17, 15) is 0 Å². The number of aliphatic imine (C=N–C) groups is 1. The lowest BCUT2D eigenvalue weighted by atomic mass is 10.1. The van der Waals surface area contributed by atoms with E-state index in [0.29, 0.717) is 5.02 Å². The van der Waals surface area contributed by atoms with Gasteiger partial charge in [0, 0.05) is 16.1 Å². The molecule has 0 aliphatic carbocycles. The Morgan fingerprint density at radius 3 is 2.55 bits per heavy atom. The summed E-state index contributed by atoms with van der Waals surface area (Å²) in [7, 11) is 0. The Kier molecular flexibility index (Phi) is 4.86. The van der Waals surface area contributed by atoms with Crippen LogP contribution in [0, 0.1) is 6.92 Å². The minimum atomic E-state index is 0.240. The highest BCUT2D eigenvalue weighted by Crippen LogP contribution is 2.38. The van der Waals surface area contributed by atoms with Crippen LogP contribution in [0.3, 0.4) is 0 Å². The van der Waals surface area contributed by atoms with E-state index in [4.69, 9.17) is 31.2 Å². The predicted octanol–water partition coefficient (Wildman–Crippen LogP) is 6.57. The fraction of sp³-hybridized carbons (Fsp3) is 0.0800. The zero-order valence-corrected chi connectivity index (χ0v) is 19.1. The van der Waals surface area contributed by atoms with Crippen LogP contribution in [0.15, 0.2) is 71.7 Å². The molecule has 0 amide bonds. The van der Waals surface area contributed by atoms with Gasteiger partial charge >= 0.3 is 0 Å². The van der Waals surface area contributed by atoms with Crippen molar-refractivity contribution in [3.05, 3.63) is 83.0 Å². The molecule has 5 aromatic rings. The Morgan fingerprint density at radius 1 is 0.970 bits per heavy atom. The number of benzene rings is 3. The number of hydrogen-bond acceptors (Lipinski definition) is 6. The molecule has 0 saturated heterocycles. The normalized spacial score (nSPS) is 12.8. The Morgan fingerprint density at radius 2 is 1.73 bits per heavy atom. The molecule has 33 heavy (non-hydrogen) atoms. The summed E-state index contributed by atoms with van der Waals surface area (Å²) < 4.78 is 12.8. The van der Waals surface area contributed by atoms with Crippen LogP contribution in [-0.4, -0.2) is 27.6 Å². The first-order valence-electron chi connectivity index (χ1n) is 10.3. The zero-order chi connectivity index (χ0) is 22.4. The van der Waals surface area contributed by atoms with Crippen LogP contribution in [0.2, 0.25) is 5.02 Å². The van der Waals surface area contributed by atoms with Gasteiger partial charge in [-0.1, -0.05) is 52.8 Å². The standard InChI is InChI=1S/C25H17ClN4O2S/c1-15-2-9-19(10-3-15)27-13-20-23(16-4-7-18(26)8-5-16)28-25-30(20)29-24(33-25)17-6-11-21-22(12-17)32-14-31-21/h2-13H,14H2,1H3. The molecule has 3 aromatic carbocycles. The molecule has 0 unspecified atom stereocenters.